The topological polar surface area (TPSA) is 55.5 Å². The number of halogens is 1. The van der Waals surface area contributed by atoms with E-state index in [0.717, 1.165) is 12.0 Å². The van der Waals surface area contributed by atoms with Gasteiger partial charge in [0.25, 0.3) is 0 Å². The molecule has 0 saturated carbocycles. The summed E-state index contributed by atoms with van der Waals surface area (Å²) in [5.74, 6) is 1.40. The zero-order valence-corrected chi connectivity index (χ0v) is 10.8. The van der Waals surface area contributed by atoms with E-state index in [1.807, 2.05) is 6.07 Å². The molecule has 0 aliphatic rings. The van der Waals surface area contributed by atoms with Crippen LogP contribution >= 0.6 is 12.4 Å². The molecule has 1 rings (SSSR count). The molecule has 16 heavy (non-hydrogen) atoms. The summed E-state index contributed by atoms with van der Waals surface area (Å²) in [5, 5.41) is 9.31. The summed E-state index contributed by atoms with van der Waals surface area (Å²) in [6.45, 7) is 4.26. The Morgan fingerprint density at radius 3 is 2.50 bits per heavy atom. The fraction of sp³-hybridized carbons (Fsp3) is 0.500. The minimum atomic E-state index is -0.0412. The monoisotopic (exact) mass is 245 g/mol. The Balaban J connectivity index is 0.00000225. The number of nitrogens with two attached hydrogens (primary N) is 1. The molecule has 3 nitrogen and oxygen atoms in total. The van der Waals surface area contributed by atoms with E-state index < -0.39 is 0 Å². The lowest BCUT2D eigenvalue weighted by atomic mass is 9.97. The van der Waals surface area contributed by atoms with Gasteiger partial charge < -0.3 is 15.6 Å². The van der Waals surface area contributed by atoms with Crippen molar-refractivity contribution in [2.24, 2.45) is 11.7 Å². The summed E-state index contributed by atoms with van der Waals surface area (Å²) in [6.07, 6.45) is 0.904. The van der Waals surface area contributed by atoms with Crippen LogP contribution in [0.1, 0.15) is 31.9 Å². The van der Waals surface area contributed by atoms with Crippen molar-refractivity contribution in [3.05, 3.63) is 23.8 Å². The number of methoxy groups -OCH3 is 1. The van der Waals surface area contributed by atoms with Crippen LogP contribution in [-0.2, 0) is 0 Å². The molecule has 1 aromatic carbocycles. The highest BCUT2D eigenvalue weighted by Gasteiger charge is 2.13. The van der Waals surface area contributed by atoms with Crippen molar-refractivity contribution in [3.63, 3.8) is 0 Å². The van der Waals surface area contributed by atoms with Crippen molar-refractivity contribution in [2.75, 3.05) is 7.11 Å². The minimum Gasteiger partial charge on any atom is -0.508 e. The third kappa shape index (κ3) is 3.91. The largest absolute Gasteiger partial charge is 0.508 e. The molecule has 0 unspecified atom stereocenters. The maximum atomic E-state index is 9.31. The van der Waals surface area contributed by atoms with Crippen LogP contribution in [0, 0.1) is 5.92 Å². The molecule has 0 spiro atoms. The van der Waals surface area contributed by atoms with Gasteiger partial charge in [-0.3, -0.25) is 0 Å². The Hall–Kier alpha value is -0.930. The van der Waals surface area contributed by atoms with Crippen LogP contribution < -0.4 is 10.5 Å². The highest BCUT2D eigenvalue weighted by atomic mass is 35.5. The third-order valence-corrected chi connectivity index (χ3v) is 2.34. The molecule has 0 aromatic heterocycles. The Kier molecular flexibility index (Phi) is 6.22. The Morgan fingerprint density at radius 2 is 2.00 bits per heavy atom. The van der Waals surface area contributed by atoms with Crippen LogP contribution in [0.25, 0.3) is 0 Å². The lowest BCUT2D eigenvalue weighted by molar-refractivity contribution is 0.393. The van der Waals surface area contributed by atoms with Crippen molar-refractivity contribution in [2.45, 2.75) is 26.3 Å². The molecule has 0 amide bonds. The molecule has 0 bridgehead atoms. The smallest absolute Gasteiger partial charge is 0.127 e. The molecular weight excluding hydrogens is 226 g/mol. The summed E-state index contributed by atoms with van der Waals surface area (Å²) in [6, 6.07) is 5.01. The molecule has 4 heteroatoms. The van der Waals surface area contributed by atoms with E-state index >= 15 is 0 Å². The number of phenolic OH excluding ortho intramolecular Hbond substituents is 1. The quantitative estimate of drug-likeness (QED) is 0.858. The van der Waals surface area contributed by atoms with E-state index in [-0.39, 0.29) is 24.2 Å². The van der Waals surface area contributed by atoms with E-state index in [0.29, 0.717) is 11.7 Å². The third-order valence-electron chi connectivity index (χ3n) is 2.34. The summed E-state index contributed by atoms with van der Waals surface area (Å²) in [7, 11) is 1.58. The van der Waals surface area contributed by atoms with Crippen LogP contribution in [-0.4, -0.2) is 12.2 Å². The molecule has 92 valence electrons. The van der Waals surface area contributed by atoms with Crippen molar-refractivity contribution in [1.29, 1.82) is 0 Å². The number of aromatic hydroxyl groups is 1. The number of hydrogen-bond donors (Lipinski definition) is 2. The first-order valence-electron chi connectivity index (χ1n) is 5.17. The van der Waals surface area contributed by atoms with Gasteiger partial charge in [0.1, 0.15) is 11.5 Å². The average molecular weight is 246 g/mol. The van der Waals surface area contributed by atoms with Gasteiger partial charge in [0.2, 0.25) is 0 Å². The lowest BCUT2D eigenvalue weighted by Gasteiger charge is -2.17. The van der Waals surface area contributed by atoms with Gasteiger partial charge in [-0.25, -0.2) is 0 Å². The van der Waals surface area contributed by atoms with Gasteiger partial charge in [0, 0.05) is 17.7 Å². The van der Waals surface area contributed by atoms with E-state index in [1.54, 1.807) is 19.2 Å². The zero-order valence-electron chi connectivity index (χ0n) is 9.93. The molecule has 1 atom stereocenters. The van der Waals surface area contributed by atoms with E-state index in [9.17, 15) is 5.11 Å². The second kappa shape index (κ2) is 6.61. The van der Waals surface area contributed by atoms with Gasteiger partial charge in [-0.1, -0.05) is 19.9 Å². The fourth-order valence-corrected chi connectivity index (χ4v) is 1.64. The van der Waals surface area contributed by atoms with Crippen LogP contribution in [0.4, 0.5) is 0 Å². The molecule has 0 aliphatic carbocycles. The van der Waals surface area contributed by atoms with E-state index in [4.69, 9.17) is 10.5 Å². The predicted octanol–water partition coefficient (Wildman–Crippen LogP) is 2.87. The van der Waals surface area contributed by atoms with Crippen LogP contribution in [0.2, 0.25) is 0 Å². The summed E-state index contributed by atoms with van der Waals surface area (Å²) >= 11 is 0. The Morgan fingerprint density at radius 1 is 1.38 bits per heavy atom. The van der Waals surface area contributed by atoms with Crippen molar-refractivity contribution in [3.8, 4) is 11.5 Å². The molecule has 0 aliphatic heterocycles. The second-order valence-electron chi connectivity index (χ2n) is 4.16. The number of rotatable bonds is 4. The van der Waals surface area contributed by atoms with Crippen molar-refractivity contribution < 1.29 is 9.84 Å². The first kappa shape index (κ1) is 15.1. The van der Waals surface area contributed by atoms with Gasteiger partial charge in [-0.2, -0.15) is 0 Å². The van der Waals surface area contributed by atoms with Gasteiger partial charge >= 0.3 is 0 Å². The molecule has 3 N–H and O–H groups in total. The molecule has 1 aromatic rings. The highest BCUT2D eigenvalue weighted by molar-refractivity contribution is 5.85. The Labute approximate surface area is 103 Å². The van der Waals surface area contributed by atoms with Crippen LogP contribution in [0.5, 0.6) is 11.5 Å². The lowest BCUT2D eigenvalue weighted by Crippen LogP contribution is -2.13. The summed E-state index contributed by atoms with van der Waals surface area (Å²) < 4.78 is 5.19. The first-order chi connectivity index (χ1) is 7.04. The molecule has 0 radical (unpaired) electrons. The van der Waals surface area contributed by atoms with Crippen LogP contribution in [0.15, 0.2) is 18.2 Å². The number of hydrogen-bond acceptors (Lipinski definition) is 3. The van der Waals surface area contributed by atoms with Crippen LogP contribution in [0.3, 0.4) is 0 Å². The van der Waals surface area contributed by atoms with Gasteiger partial charge in [0.15, 0.2) is 0 Å². The average Bonchev–Trinajstić information content (AvgIpc) is 2.16. The second-order valence-corrected chi connectivity index (χ2v) is 4.16. The van der Waals surface area contributed by atoms with Gasteiger partial charge in [-0.15, -0.1) is 12.4 Å². The first-order valence-corrected chi connectivity index (χ1v) is 5.17. The molecular formula is C12H20ClNO2. The maximum Gasteiger partial charge on any atom is 0.127 e. The maximum absolute atomic E-state index is 9.31. The molecule has 0 saturated heterocycles. The standard InChI is InChI=1S/C12H19NO2.ClH/c1-8(2)6-11(13)10-5-4-9(14)7-12(10)15-3;/h4-5,7-8,11,14H,6,13H2,1-3H3;1H/t11-;/m1./s1. The van der Waals surface area contributed by atoms with Gasteiger partial charge in [0.05, 0.1) is 7.11 Å². The van der Waals surface area contributed by atoms with E-state index in [1.165, 1.54) is 0 Å². The summed E-state index contributed by atoms with van der Waals surface area (Å²) in [5.41, 5.74) is 7.01. The normalized spacial score (nSPS) is 12.1. The SMILES string of the molecule is COc1cc(O)ccc1[C@H](N)CC(C)C.Cl. The number of phenols is 1. The Bertz CT molecular complexity index is 329. The van der Waals surface area contributed by atoms with E-state index in [2.05, 4.69) is 13.8 Å². The zero-order chi connectivity index (χ0) is 11.4. The highest BCUT2D eigenvalue weighted by Crippen LogP contribution is 2.30. The van der Waals surface area contributed by atoms with Crippen molar-refractivity contribution in [1.82, 2.24) is 0 Å². The fourth-order valence-electron chi connectivity index (χ4n) is 1.64. The summed E-state index contributed by atoms with van der Waals surface area (Å²) in [4.78, 5) is 0. The molecule has 0 heterocycles. The molecule has 0 fully saturated rings. The van der Waals surface area contributed by atoms with Crippen molar-refractivity contribution >= 4 is 12.4 Å². The predicted molar refractivity (Wildman–Crippen MR) is 68.3 cm³/mol. The van der Waals surface area contributed by atoms with Gasteiger partial charge in [-0.05, 0) is 18.4 Å². The number of benzene rings is 1. The minimum absolute atomic E-state index is 0. The number of ether oxygens (including phenoxy) is 1.